The van der Waals surface area contributed by atoms with E-state index in [0.717, 1.165) is 12.2 Å². The Morgan fingerprint density at radius 1 is 1.58 bits per heavy atom. The van der Waals surface area contributed by atoms with E-state index in [4.69, 9.17) is 0 Å². The number of hydrogen-bond donors (Lipinski definition) is 1. The van der Waals surface area contributed by atoms with Crippen molar-refractivity contribution in [1.29, 1.82) is 0 Å². The molecule has 1 rings (SSSR count). The van der Waals surface area contributed by atoms with E-state index in [1.165, 1.54) is 11.1 Å². The Kier molecular flexibility index (Phi) is 3.88. The Morgan fingerprint density at radius 2 is 2.42 bits per heavy atom. The monoisotopic (exact) mass is 179 g/mol. The number of aromatic nitrogens is 1. The van der Waals surface area contributed by atoms with Crippen molar-refractivity contribution in [2.45, 2.75) is 13.3 Å². The van der Waals surface area contributed by atoms with Crippen molar-refractivity contribution in [1.82, 2.24) is 4.98 Å². The molecule has 1 heterocycles. The van der Waals surface area contributed by atoms with Crippen molar-refractivity contribution in [2.24, 2.45) is 0 Å². The molecule has 0 radical (unpaired) electrons. The molecule has 12 heavy (non-hydrogen) atoms. The molecule has 0 aliphatic rings. The van der Waals surface area contributed by atoms with Crippen LogP contribution in [-0.2, 0) is 0 Å². The van der Waals surface area contributed by atoms with Gasteiger partial charge in [-0.3, -0.25) is 4.98 Å². The molecular formula is C10H13NS. The van der Waals surface area contributed by atoms with E-state index < -0.39 is 0 Å². The van der Waals surface area contributed by atoms with Crippen LogP contribution in [0.1, 0.15) is 17.5 Å². The third-order valence-corrected chi connectivity index (χ3v) is 1.92. The second-order valence-electron chi connectivity index (χ2n) is 2.65. The number of rotatable bonds is 3. The van der Waals surface area contributed by atoms with E-state index >= 15 is 0 Å². The molecule has 0 bridgehead atoms. The van der Waals surface area contributed by atoms with E-state index in [1.807, 2.05) is 18.5 Å². The summed E-state index contributed by atoms with van der Waals surface area (Å²) in [5.74, 6) is 0.903. The normalized spacial score (nSPS) is 10.8. The van der Waals surface area contributed by atoms with Gasteiger partial charge in [-0.25, -0.2) is 0 Å². The highest BCUT2D eigenvalue weighted by molar-refractivity contribution is 7.80. The lowest BCUT2D eigenvalue weighted by Crippen LogP contribution is -1.81. The first-order valence-corrected chi connectivity index (χ1v) is 4.66. The van der Waals surface area contributed by atoms with Gasteiger partial charge in [0, 0.05) is 12.4 Å². The minimum absolute atomic E-state index is 0.903. The zero-order valence-electron chi connectivity index (χ0n) is 7.20. The predicted octanol–water partition coefficient (Wildman–Crippen LogP) is 2.72. The molecule has 0 aliphatic carbocycles. The standard InChI is InChI=1S/C10H13NS/c1-9-8-11-6-5-10(9)4-2-3-7-12/h2,4-6,8,12H,3,7H2,1H3. The van der Waals surface area contributed by atoms with Gasteiger partial charge in [-0.05, 0) is 36.3 Å². The first kappa shape index (κ1) is 9.33. The van der Waals surface area contributed by atoms with Crippen molar-refractivity contribution in [3.63, 3.8) is 0 Å². The largest absolute Gasteiger partial charge is 0.264 e. The van der Waals surface area contributed by atoms with E-state index in [2.05, 4.69) is 36.7 Å². The van der Waals surface area contributed by atoms with Crippen LogP contribution in [0.15, 0.2) is 24.5 Å². The molecule has 0 unspecified atom stereocenters. The van der Waals surface area contributed by atoms with Gasteiger partial charge >= 0.3 is 0 Å². The smallest absolute Gasteiger partial charge is 0.0303 e. The summed E-state index contributed by atoms with van der Waals surface area (Å²) >= 11 is 4.13. The molecule has 0 saturated heterocycles. The topological polar surface area (TPSA) is 12.9 Å². The van der Waals surface area contributed by atoms with Gasteiger partial charge in [-0.15, -0.1) is 0 Å². The Hall–Kier alpha value is -0.760. The molecule has 0 amide bonds. The number of pyridine rings is 1. The lowest BCUT2D eigenvalue weighted by Gasteiger charge is -1.96. The zero-order valence-corrected chi connectivity index (χ0v) is 8.09. The first-order valence-electron chi connectivity index (χ1n) is 4.02. The summed E-state index contributed by atoms with van der Waals surface area (Å²) in [6.45, 7) is 2.06. The minimum Gasteiger partial charge on any atom is -0.264 e. The molecule has 0 N–H and O–H groups in total. The second kappa shape index (κ2) is 4.99. The van der Waals surface area contributed by atoms with Crippen LogP contribution in [0.3, 0.4) is 0 Å². The number of nitrogens with zero attached hydrogens (tertiary/aromatic N) is 1. The Bertz CT molecular complexity index is 268. The van der Waals surface area contributed by atoms with Crippen LogP contribution in [0.4, 0.5) is 0 Å². The van der Waals surface area contributed by atoms with Gasteiger partial charge < -0.3 is 0 Å². The highest BCUT2D eigenvalue weighted by Crippen LogP contribution is 2.07. The van der Waals surface area contributed by atoms with Crippen LogP contribution < -0.4 is 0 Å². The van der Waals surface area contributed by atoms with Crippen molar-refractivity contribution in [3.05, 3.63) is 35.7 Å². The lowest BCUT2D eigenvalue weighted by molar-refractivity contribution is 1.24. The number of aryl methyl sites for hydroxylation is 1. The quantitative estimate of drug-likeness (QED) is 0.704. The molecular weight excluding hydrogens is 166 g/mol. The van der Waals surface area contributed by atoms with E-state index in [-0.39, 0.29) is 0 Å². The number of hydrogen-bond acceptors (Lipinski definition) is 2. The fourth-order valence-corrected chi connectivity index (χ4v) is 1.11. The Labute approximate surface area is 78.9 Å². The summed E-state index contributed by atoms with van der Waals surface area (Å²) in [5.41, 5.74) is 2.46. The van der Waals surface area contributed by atoms with Crippen LogP contribution in [0.2, 0.25) is 0 Å². The lowest BCUT2D eigenvalue weighted by atomic mass is 10.1. The molecule has 2 heteroatoms. The summed E-state index contributed by atoms with van der Waals surface area (Å²) in [4.78, 5) is 4.02. The van der Waals surface area contributed by atoms with Gasteiger partial charge in [-0.2, -0.15) is 12.6 Å². The molecule has 0 aliphatic heterocycles. The van der Waals surface area contributed by atoms with Crippen LogP contribution in [0, 0.1) is 6.92 Å². The maximum Gasteiger partial charge on any atom is 0.0303 e. The molecule has 64 valence electrons. The van der Waals surface area contributed by atoms with E-state index in [9.17, 15) is 0 Å². The van der Waals surface area contributed by atoms with Crippen LogP contribution >= 0.6 is 12.6 Å². The fraction of sp³-hybridized carbons (Fsp3) is 0.300. The summed E-state index contributed by atoms with van der Waals surface area (Å²) < 4.78 is 0. The van der Waals surface area contributed by atoms with Gasteiger partial charge in [0.1, 0.15) is 0 Å². The maximum atomic E-state index is 4.13. The average molecular weight is 179 g/mol. The van der Waals surface area contributed by atoms with E-state index in [1.54, 1.807) is 0 Å². The summed E-state index contributed by atoms with van der Waals surface area (Å²) in [5, 5.41) is 0. The van der Waals surface area contributed by atoms with Crippen LogP contribution in [-0.4, -0.2) is 10.7 Å². The minimum atomic E-state index is 0.903. The molecule has 0 fully saturated rings. The van der Waals surface area contributed by atoms with Crippen molar-refractivity contribution >= 4 is 18.7 Å². The van der Waals surface area contributed by atoms with Gasteiger partial charge in [0.25, 0.3) is 0 Å². The molecule has 1 aromatic heterocycles. The highest BCUT2D eigenvalue weighted by Gasteiger charge is 1.90. The average Bonchev–Trinajstić information content (AvgIpc) is 2.09. The predicted molar refractivity (Wildman–Crippen MR) is 56.5 cm³/mol. The fourth-order valence-electron chi connectivity index (χ4n) is 0.956. The third-order valence-electron chi connectivity index (χ3n) is 1.66. The van der Waals surface area contributed by atoms with Gasteiger partial charge in [-0.1, -0.05) is 12.2 Å². The van der Waals surface area contributed by atoms with Crippen molar-refractivity contribution < 1.29 is 0 Å². The molecule has 0 spiro atoms. The van der Waals surface area contributed by atoms with Crippen LogP contribution in [0.5, 0.6) is 0 Å². The van der Waals surface area contributed by atoms with E-state index in [0.29, 0.717) is 0 Å². The Morgan fingerprint density at radius 3 is 3.08 bits per heavy atom. The highest BCUT2D eigenvalue weighted by atomic mass is 32.1. The van der Waals surface area contributed by atoms with Crippen molar-refractivity contribution in [2.75, 3.05) is 5.75 Å². The maximum absolute atomic E-state index is 4.13. The SMILES string of the molecule is Cc1cnccc1C=CCCS. The third kappa shape index (κ3) is 2.70. The van der Waals surface area contributed by atoms with Crippen LogP contribution in [0.25, 0.3) is 6.08 Å². The first-order chi connectivity index (χ1) is 5.84. The van der Waals surface area contributed by atoms with Gasteiger partial charge in [0.05, 0.1) is 0 Å². The zero-order chi connectivity index (χ0) is 8.81. The summed E-state index contributed by atoms with van der Waals surface area (Å²) in [6.07, 6.45) is 8.96. The second-order valence-corrected chi connectivity index (χ2v) is 3.09. The summed E-state index contributed by atoms with van der Waals surface area (Å²) in [7, 11) is 0. The number of thiol groups is 1. The Balaban J connectivity index is 2.68. The molecule has 1 nitrogen and oxygen atoms in total. The van der Waals surface area contributed by atoms with Gasteiger partial charge in [0.2, 0.25) is 0 Å². The number of allylic oxidation sites excluding steroid dienone is 1. The summed E-state index contributed by atoms with van der Waals surface area (Å²) in [6, 6.07) is 2.02. The molecule has 0 atom stereocenters. The molecule has 0 aromatic carbocycles. The molecule has 0 saturated carbocycles. The molecule has 1 aromatic rings. The van der Waals surface area contributed by atoms with Crippen molar-refractivity contribution in [3.8, 4) is 0 Å². The van der Waals surface area contributed by atoms with Gasteiger partial charge in [0.15, 0.2) is 0 Å².